The molecule has 0 radical (unpaired) electrons. The summed E-state index contributed by atoms with van der Waals surface area (Å²) in [7, 11) is 0. The molecule has 2 fully saturated rings. The van der Waals surface area contributed by atoms with Crippen LogP contribution in [-0.4, -0.2) is 23.0 Å². The highest BCUT2D eigenvalue weighted by Crippen LogP contribution is 2.39. The minimum Gasteiger partial charge on any atom is -0.481 e. The first-order valence-corrected chi connectivity index (χ1v) is 8.06. The Labute approximate surface area is 121 Å². The van der Waals surface area contributed by atoms with E-state index in [0.29, 0.717) is 18.8 Å². The van der Waals surface area contributed by atoms with E-state index in [2.05, 4.69) is 12.2 Å². The molecule has 0 aromatic rings. The number of aliphatic carboxylic acids is 1. The van der Waals surface area contributed by atoms with Gasteiger partial charge in [0.05, 0.1) is 5.41 Å². The van der Waals surface area contributed by atoms with Crippen LogP contribution >= 0.6 is 0 Å². The second-order valence-corrected chi connectivity index (χ2v) is 6.72. The summed E-state index contributed by atoms with van der Waals surface area (Å²) in [6, 6.07) is 0.180. The van der Waals surface area contributed by atoms with E-state index >= 15 is 0 Å². The molecule has 2 N–H and O–H groups in total. The maximum Gasteiger partial charge on any atom is 0.310 e. The molecule has 4 nitrogen and oxygen atoms in total. The highest BCUT2D eigenvalue weighted by molar-refractivity contribution is 5.85. The van der Waals surface area contributed by atoms with E-state index in [1.807, 2.05) is 0 Å². The third-order valence-corrected chi connectivity index (χ3v) is 5.26. The van der Waals surface area contributed by atoms with Gasteiger partial charge in [-0.3, -0.25) is 9.59 Å². The van der Waals surface area contributed by atoms with Crippen LogP contribution in [0.15, 0.2) is 0 Å². The summed E-state index contributed by atoms with van der Waals surface area (Å²) < 4.78 is 0. The van der Waals surface area contributed by atoms with Gasteiger partial charge in [0.25, 0.3) is 0 Å². The molecule has 1 amide bonds. The van der Waals surface area contributed by atoms with Crippen molar-refractivity contribution in [3.63, 3.8) is 0 Å². The van der Waals surface area contributed by atoms with Gasteiger partial charge in [0, 0.05) is 12.5 Å². The minimum atomic E-state index is -0.808. The lowest BCUT2D eigenvalue weighted by molar-refractivity contribution is -0.154. The minimum absolute atomic E-state index is 0.0753. The van der Waals surface area contributed by atoms with Crippen LogP contribution in [0.5, 0.6) is 0 Å². The molecule has 0 aliphatic heterocycles. The van der Waals surface area contributed by atoms with Crippen molar-refractivity contribution in [3.05, 3.63) is 0 Å². The predicted molar refractivity (Wildman–Crippen MR) is 77.3 cm³/mol. The number of nitrogens with one attached hydrogen (secondary N) is 1. The summed E-state index contributed by atoms with van der Waals surface area (Å²) in [5, 5.41) is 12.5. The Hall–Kier alpha value is -1.06. The van der Waals surface area contributed by atoms with Crippen LogP contribution in [0, 0.1) is 11.3 Å². The first-order valence-electron chi connectivity index (χ1n) is 8.06. The van der Waals surface area contributed by atoms with Crippen LogP contribution in [0.3, 0.4) is 0 Å². The predicted octanol–water partition coefficient (Wildman–Crippen LogP) is 3.11. The lowest BCUT2D eigenvalue weighted by Crippen LogP contribution is -2.43. The van der Waals surface area contributed by atoms with E-state index in [4.69, 9.17) is 0 Å². The average Bonchev–Trinajstić information content (AvgIpc) is 2.93. The summed E-state index contributed by atoms with van der Waals surface area (Å²) in [5.74, 6) is -0.291. The van der Waals surface area contributed by atoms with Crippen molar-refractivity contribution in [1.29, 1.82) is 0 Å². The molecular formula is C16H27NO3. The number of carbonyl (C=O) groups is 2. The number of carbonyl (C=O) groups excluding carboxylic acids is 1. The summed E-state index contributed by atoms with van der Waals surface area (Å²) in [5.41, 5.74) is -0.808. The number of amides is 1. The first kappa shape index (κ1) is 15.3. The molecule has 2 aliphatic rings. The fourth-order valence-electron chi connectivity index (χ4n) is 3.88. The number of hydrogen-bond donors (Lipinski definition) is 2. The van der Waals surface area contributed by atoms with Gasteiger partial charge < -0.3 is 10.4 Å². The van der Waals surface area contributed by atoms with E-state index in [0.717, 1.165) is 19.3 Å². The number of carboxylic acid groups (broad SMARTS) is 1. The van der Waals surface area contributed by atoms with Crippen LogP contribution in [0.25, 0.3) is 0 Å². The van der Waals surface area contributed by atoms with Crippen molar-refractivity contribution in [1.82, 2.24) is 5.32 Å². The van der Waals surface area contributed by atoms with Gasteiger partial charge in [0.15, 0.2) is 0 Å². The van der Waals surface area contributed by atoms with Crippen molar-refractivity contribution in [3.8, 4) is 0 Å². The van der Waals surface area contributed by atoms with E-state index in [1.165, 1.54) is 25.7 Å². The van der Waals surface area contributed by atoms with Crippen LogP contribution in [0.4, 0.5) is 0 Å². The maximum atomic E-state index is 12.2. The zero-order valence-electron chi connectivity index (χ0n) is 12.5. The van der Waals surface area contributed by atoms with E-state index in [-0.39, 0.29) is 18.4 Å². The fraction of sp³-hybridized carbons (Fsp3) is 0.875. The molecule has 20 heavy (non-hydrogen) atoms. The Morgan fingerprint density at radius 3 is 2.30 bits per heavy atom. The largest absolute Gasteiger partial charge is 0.481 e. The van der Waals surface area contributed by atoms with Crippen LogP contribution in [0.2, 0.25) is 0 Å². The SMILES string of the molecule is C[C@@H](NC(=O)CC1(C(=O)O)CCCCC1)C1CCCC1. The molecular weight excluding hydrogens is 254 g/mol. The Balaban J connectivity index is 1.89. The molecule has 0 unspecified atom stereocenters. The standard InChI is InChI=1S/C16H27NO3/c1-12(13-7-3-4-8-13)17-14(18)11-16(15(19)20)9-5-2-6-10-16/h12-13H,2-11H2,1H3,(H,17,18)(H,19,20)/t12-/m1/s1. The number of rotatable bonds is 5. The summed E-state index contributed by atoms with van der Waals surface area (Å²) in [6.07, 6.45) is 9.27. The molecule has 2 aliphatic carbocycles. The molecule has 2 saturated carbocycles. The van der Waals surface area contributed by atoms with Gasteiger partial charge in [-0.1, -0.05) is 32.1 Å². The lowest BCUT2D eigenvalue weighted by atomic mass is 9.71. The summed E-state index contributed by atoms with van der Waals surface area (Å²) in [6.45, 7) is 2.06. The van der Waals surface area contributed by atoms with Crippen molar-refractivity contribution < 1.29 is 14.7 Å². The van der Waals surface area contributed by atoms with Gasteiger partial charge in [-0.05, 0) is 38.5 Å². The van der Waals surface area contributed by atoms with Crippen molar-refractivity contribution >= 4 is 11.9 Å². The number of carboxylic acids is 1. The molecule has 114 valence electrons. The normalized spacial score (nSPS) is 24.2. The second-order valence-electron chi connectivity index (χ2n) is 6.72. The molecule has 0 aromatic heterocycles. The highest BCUT2D eigenvalue weighted by atomic mass is 16.4. The van der Waals surface area contributed by atoms with Crippen molar-refractivity contribution in [2.45, 2.75) is 77.2 Å². The summed E-state index contributed by atoms with van der Waals surface area (Å²) >= 11 is 0. The van der Waals surface area contributed by atoms with Gasteiger partial charge in [0.1, 0.15) is 0 Å². The molecule has 1 atom stereocenters. The van der Waals surface area contributed by atoms with Crippen LogP contribution in [-0.2, 0) is 9.59 Å². The smallest absolute Gasteiger partial charge is 0.310 e. The Morgan fingerprint density at radius 1 is 1.15 bits per heavy atom. The second kappa shape index (κ2) is 6.59. The molecule has 0 bridgehead atoms. The van der Waals surface area contributed by atoms with Gasteiger partial charge in [0.2, 0.25) is 5.91 Å². The zero-order chi connectivity index (χ0) is 14.6. The van der Waals surface area contributed by atoms with Crippen molar-refractivity contribution in [2.24, 2.45) is 11.3 Å². The molecule has 0 heterocycles. The van der Waals surface area contributed by atoms with Gasteiger partial charge >= 0.3 is 5.97 Å². The highest BCUT2D eigenvalue weighted by Gasteiger charge is 2.41. The van der Waals surface area contributed by atoms with E-state index < -0.39 is 11.4 Å². The zero-order valence-corrected chi connectivity index (χ0v) is 12.5. The Kier molecular flexibility index (Phi) is 5.06. The van der Waals surface area contributed by atoms with Gasteiger partial charge in [-0.2, -0.15) is 0 Å². The third-order valence-electron chi connectivity index (χ3n) is 5.26. The van der Waals surface area contributed by atoms with E-state index in [9.17, 15) is 14.7 Å². The monoisotopic (exact) mass is 281 g/mol. The van der Waals surface area contributed by atoms with E-state index in [1.54, 1.807) is 0 Å². The van der Waals surface area contributed by atoms with Gasteiger partial charge in [-0.15, -0.1) is 0 Å². The topological polar surface area (TPSA) is 66.4 Å². The molecule has 0 aromatic carbocycles. The maximum absolute atomic E-state index is 12.2. The van der Waals surface area contributed by atoms with Crippen molar-refractivity contribution in [2.75, 3.05) is 0 Å². The Morgan fingerprint density at radius 2 is 1.75 bits per heavy atom. The molecule has 0 spiro atoms. The fourth-order valence-corrected chi connectivity index (χ4v) is 3.88. The third kappa shape index (κ3) is 3.53. The number of hydrogen-bond acceptors (Lipinski definition) is 2. The molecule has 0 saturated heterocycles. The quantitative estimate of drug-likeness (QED) is 0.813. The molecule has 2 rings (SSSR count). The van der Waals surface area contributed by atoms with Crippen LogP contribution in [0.1, 0.15) is 71.1 Å². The Bertz CT molecular complexity index is 355. The first-order chi connectivity index (χ1) is 9.53. The molecule has 4 heteroatoms. The average molecular weight is 281 g/mol. The summed E-state index contributed by atoms with van der Waals surface area (Å²) in [4.78, 5) is 23.8. The van der Waals surface area contributed by atoms with Gasteiger partial charge in [-0.25, -0.2) is 0 Å². The van der Waals surface area contributed by atoms with Crippen LogP contribution < -0.4 is 5.32 Å². The lowest BCUT2D eigenvalue weighted by Gasteiger charge is -2.33.